The second-order valence-electron chi connectivity index (χ2n) is 4.63. The van der Waals surface area contributed by atoms with E-state index in [2.05, 4.69) is 5.32 Å². The maximum atomic E-state index is 11.8. The van der Waals surface area contributed by atoms with E-state index in [1.54, 1.807) is 23.5 Å². The van der Waals surface area contributed by atoms with Gasteiger partial charge < -0.3 is 10.1 Å². The van der Waals surface area contributed by atoms with Crippen LogP contribution in [0.15, 0.2) is 41.8 Å². The first kappa shape index (κ1) is 16.0. The smallest absolute Gasteiger partial charge is 0.310 e. The van der Waals surface area contributed by atoms with Gasteiger partial charge in [-0.05, 0) is 24.4 Å². The molecule has 116 valence electrons. The summed E-state index contributed by atoms with van der Waals surface area (Å²) >= 11 is 1.58. The zero-order valence-corrected chi connectivity index (χ0v) is 12.8. The minimum atomic E-state index is -0.506. The third-order valence-corrected chi connectivity index (χ3v) is 4.05. The molecule has 0 aliphatic carbocycles. The zero-order chi connectivity index (χ0) is 15.9. The molecule has 6 nitrogen and oxygen atoms in total. The molecule has 1 amide bonds. The van der Waals surface area contributed by atoms with Gasteiger partial charge in [0, 0.05) is 10.9 Å². The van der Waals surface area contributed by atoms with Crippen molar-refractivity contribution in [2.24, 2.45) is 0 Å². The van der Waals surface area contributed by atoms with Crippen LogP contribution in [-0.4, -0.2) is 17.4 Å². The van der Waals surface area contributed by atoms with Crippen molar-refractivity contribution in [1.29, 1.82) is 0 Å². The lowest BCUT2D eigenvalue weighted by Crippen LogP contribution is -2.27. The number of nitrogens with one attached hydrogen (secondary N) is 1. The number of nitro benzene ring substituents is 1. The molecule has 0 saturated carbocycles. The highest BCUT2D eigenvalue weighted by Gasteiger charge is 2.15. The minimum absolute atomic E-state index is 0.0569. The average Bonchev–Trinajstić information content (AvgIpc) is 3.02. The van der Waals surface area contributed by atoms with E-state index in [1.165, 1.54) is 12.1 Å². The van der Waals surface area contributed by atoms with Crippen molar-refractivity contribution in [1.82, 2.24) is 5.32 Å². The van der Waals surface area contributed by atoms with Crippen LogP contribution in [0.2, 0.25) is 0 Å². The largest absolute Gasteiger partial charge is 0.486 e. The van der Waals surface area contributed by atoms with Crippen LogP contribution in [0.5, 0.6) is 5.75 Å². The molecule has 0 radical (unpaired) electrons. The van der Waals surface area contributed by atoms with E-state index in [9.17, 15) is 14.9 Å². The molecule has 1 N–H and O–H groups in total. The van der Waals surface area contributed by atoms with Crippen LogP contribution in [0.3, 0.4) is 0 Å². The summed E-state index contributed by atoms with van der Waals surface area (Å²) in [6, 6.07) is 9.94. The average molecular weight is 320 g/mol. The predicted molar refractivity (Wildman–Crippen MR) is 84.1 cm³/mol. The van der Waals surface area contributed by atoms with Crippen LogP contribution in [0.4, 0.5) is 5.69 Å². The van der Waals surface area contributed by atoms with Gasteiger partial charge in [-0.2, -0.15) is 0 Å². The summed E-state index contributed by atoms with van der Waals surface area (Å²) in [5.41, 5.74) is -0.102. The number of carbonyl (C=O) groups is 1. The fraction of sp³-hybridized carbons (Fsp3) is 0.267. The molecular formula is C15H16N2O4S. The van der Waals surface area contributed by atoms with E-state index in [4.69, 9.17) is 4.74 Å². The van der Waals surface area contributed by atoms with Crippen LogP contribution in [0.1, 0.15) is 24.3 Å². The van der Waals surface area contributed by atoms with Crippen molar-refractivity contribution in [3.05, 3.63) is 56.8 Å². The number of rotatable bonds is 7. The Balaban J connectivity index is 1.81. The molecule has 0 unspecified atom stereocenters. The van der Waals surface area contributed by atoms with E-state index < -0.39 is 4.92 Å². The number of hydrogen-bond acceptors (Lipinski definition) is 5. The highest BCUT2D eigenvalue weighted by Crippen LogP contribution is 2.25. The van der Waals surface area contributed by atoms with E-state index in [-0.39, 0.29) is 36.4 Å². The number of hydrogen-bond donors (Lipinski definition) is 1. The van der Waals surface area contributed by atoms with Crippen molar-refractivity contribution in [3.63, 3.8) is 0 Å². The van der Waals surface area contributed by atoms with Gasteiger partial charge in [0.05, 0.1) is 24.0 Å². The molecule has 1 aromatic heterocycles. The van der Waals surface area contributed by atoms with E-state index in [0.717, 1.165) is 4.88 Å². The SMILES string of the molecule is C[C@@H](NC(=O)CCOc1ccccc1[N+](=O)[O-])c1cccs1. The molecule has 0 bridgehead atoms. The van der Waals surface area contributed by atoms with Crippen molar-refractivity contribution < 1.29 is 14.5 Å². The number of benzene rings is 1. The van der Waals surface area contributed by atoms with Crippen molar-refractivity contribution in [3.8, 4) is 5.75 Å². The number of amides is 1. The Labute approximate surface area is 131 Å². The molecule has 2 aromatic rings. The highest BCUT2D eigenvalue weighted by atomic mass is 32.1. The van der Waals surface area contributed by atoms with Gasteiger partial charge in [-0.3, -0.25) is 14.9 Å². The van der Waals surface area contributed by atoms with Gasteiger partial charge in [-0.1, -0.05) is 18.2 Å². The molecule has 0 aliphatic rings. The van der Waals surface area contributed by atoms with Crippen molar-refractivity contribution in [2.45, 2.75) is 19.4 Å². The summed E-state index contributed by atoms with van der Waals surface area (Å²) < 4.78 is 5.34. The first-order valence-electron chi connectivity index (χ1n) is 6.77. The Morgan fingerprint density at radius 2 is 2.14 bits per heavy atom. The summed E-state index contributed by atoms with van der Waals surface area (Å²) in [6.45, 7) is 2.00. The van der Waals surface area contributed by atoms with Gasteiger partial charge in [0.25, 0.3) is 0 Å². The van der Waals surface area contributed by atoms with Gasteiger partial charge in [0.2, 0.25) is 5.91 Å². The van der Waals surface area contributed by atoms with Gasteiger partial charge in [0.15, 0.2) is 5.75 Å². The Bertz CT molecular complexity index is 643. The van der Waals surface area contributed by atoms with Crippen LogP contribution >= 0.6 is 11.3 Å². The van der Waals surface area contributed by atoms with Crippen LogP contribution < -0.4 is 10.1 Å². The minimum Gasteiger partial charge on any atom is -0.486 e. The number of nitro groups is 1. The van der Waals surface area contributed by atoms with Crippen molar-refractivity contribution in [2.75, 3.05) is 6.61 Å². The molecule has 1 atom stereocenters. The zero-order valence-electron chi connectivity index (χ0n) is 12.0. The van der Waals surface area contributed by atoms with Gasteiger partial charge in [0.1, 0.15) is 0 Å². The lowest BCUT2D eigenvalue weighted by molar-refractivity contribution is -0.385. The highest BCUT2D eigenvalue weighted by molar-refractivity contribution is 7.10. The summed E-state index contributed by atoms with van der Waals surface area (Å²) in [4.78, 5) is 23.3. The number of ether oxygens (including phenoxy) is 1. The van der Waals surface area contributed by atoms with E-state index in [0.29, 0.717) is 0 Å². The van der Waals surface area contributed by atoms with Gasteiger partial charge >= 0.3 is 5.69 Å². The third kappa shape index (κ3) is 4.29. The monoisotopic (exact) mass is 320 g/mol. The Hall–Kier alpha value is -2.41. The first-order valence-corrected chi connectivity index (χ1v) is 7.65. The molecule has 0 fully saturated rings. The maximum absolute atomic E-state index is 11.8. The fourth-order valence-electron chi connectivity index (χ4n) is 1.91. The Morgan fingerprint density at radius 1 is 1.36 bits per heavy atom. The molecule has 1 aromatic carbocycles. The lowest BCUT2D eigenvalue weighted by Gasteiger charge is -2.12. The maximum Gasteiger partial charge on any atom is 0.310 e. The Morgan fingerprint density at radius 3 is 2.82 bits per heavy atom. The summed E-state index contributed by atoms with van der Waals surface area (Å²) in [5, 5.41) is 15.7. The second kappa shape index (κ2) is 7.56. The summed E-state index contributed by atoms with van der Waals surface area (Å²) in [5.74, 6) is 0.0195. The lowest BCUT2D eigenvalue weighted by atomic mass is 10.2. The molecule has 0 aliphatic heterocycles. The quantitative estimate of drug-likeness (QED) is 0.627. The molecule has 7 heteroatoms. The van der Waals surface area contributed by atoms with Crippen LogP contribution in [0, 0.1) is 10.1 Å². The molecular weight excluding hydrogens is 304 g/mol. The predicted octanol–water partition coefficient (Wildman–Crippen LogP) is 3.30. The molecule has 0 spiro atoms. The van der Waals surface area contributed by atoms with Crippen LogP contribution in [0.25, 0.3) is 0 Å². The van der Waals surface area contributed by atoms with Crippen LogP contribution in [-0.2, 0) is 4.79 Å². The fourth-order valence-corrected chi connectivity index (χ4v) is 2.64. The standard InChI is InChI=1S/C15H16N2O4S/c1-11(14-7-4-10-22-14)16-15(18)8-9-21-13-6-3-2-5-12(13)17(19)20/h2-7,10-11H,8-9H2,1H3,(H,16,18)/t11-/m1/s1. The summed E-state index contributed by atoms with van der Waals surface area (Å²) in [6.07, 6.45) is 0.141. The second-order valence-corrected chi connectivity index (χ2v) is 5.61. The topological polar surface area (TPSA) is 81.5 Å². The Kier molecular flexibility index (Phi) is 5.48. The van der Waals surface area contributed by atoms with Gasteiger partial charge in [-0.15, -0.1) is 11.3 Å². The number of thiophene rings is 1. The molecule has 1 heterocycles. The molecule has 22 heavy (non-hydrogen) atoms. The summed E-state index contributed by atoms with van der Waals surface area (Å²) in [7, 11) is 0. The number of carbonyl (C=O) groups excluding carboxylic acids is 1. The number of nitrogens with zero attached hydrogens (tertiary/aromatic N) is 1. The van der Waals surface area contributed by atoms with Gasteiger partial charge in [-0.25, -0.2) is 0 Å². The van der Waals surface area contributed by atoms with E-state index in [1.807, 2.05) is 24.4 Å². The van der Waals surface area contributed by atoms with E-state index >= 15 is 0 Å². The number of para-hydroxylation sites is 2. The molecule has 0 saturated heterocycles. The third-order valence-electron chi connectivity index (χ3n) is 3.00. The van der Waals surface area contributed by atoms with Crippen molar-refractivity contribution >= 4 is 22.9 Å². The first-order chi connectivity index (χ1) is 10.6. The normalized spacial score (nSPS) is 11.7. The molecule has 2 rings (SSSR count).